The number of carbonyl (C=O) groups is 1. The van der Waals surface area contributed by atoms with Gasteiger partial charge in [-0.1, -0.05) is 13.5 Å². The molecule has 10 nitrogen and oxygen atoms in total. The van der Waals surface area contributed by atoms with Gasteiger partial charge in [0.25, 0.3) is 0 Å². The molecule has 0 spiro atoms. The van der Waals surface area contributed by atoms with Crippen LogP contribution in [0, 0.1) is 0 Å². The lowest BCUT2D eigenvalue weighted by atomic mass is 10.0. The molecule has 0 aliphatic rings. The zero-order chi connectivity index (χ0) is 23.9. The molecule has 184 valence electrons. The van der Waals surface area contributed by atoms with E-state index in [1.807, 2.05) is 37.5 Å². The van der Waals surface area contributed by atoms with E-state index in [9.17, 15) is 4.79 Å². The monoisotopic (exact) mass is 477 g/mol. The molecule has 4 aromatic rings. The van der Waals surface area contributed by atoms with Crippen molar-refractivity contribution in [2.75, 3.05) is 39.2 Å². The number of aromatic amines is 1. The molecular weight excluding hydrogens is 446 g/mol. The van der Waals surface area contributed by atoms with E-state index < -0.39 is 6.09 Å². The number of nitrogens with zero attached hydrogens (tertiary/aromatic N) is 5. The van der Waals surface area contributed by atoms with E-state index in [0.29, 0.717) is 17.9 Å². The number of carbonyl (C=O) groups excluding carboxylic acids is 1. The van der Waals surface area contributed by atoms with Crippen molar-refractivity contribution in [3.8, 4) is 22.5 Å². The van der Waals surface area contributed by atoms with Crippen molar-refractivity contribution in [1.82, 2.24) is 29.8 Å². The summed E-state index contributed by atoms with van der Waals surface area (Å²) < 4.78 is 10.1. The lowest BCUT2D eigenvalue weighted by Gasteiger charge is -2.15. The van der Waals surface area contributed by atoms with Gasteiger partial charge in [-0.15, -0.1) is 0 Å². The summed E-state index contributed by atoms with van der Waals surface area (Å²) in [4.78, 5) is 35.1. The predicted octanol–water partition coefficient (Wildman–Crippen LogP) is 4.36. The second kappa shape index (κ2) is 12.0. The lowest BCUT2D eigenvalue weighted by molar-refractivity contribution is 0.158. The van der Waals surface area contributed by atoms with E-state index in [1.54, 1.807) is 32.5 Å². The molecule has 0 fully saturated rings. The minimum Gasteiger partial charge on any atom is -0.450 e. The smallest absolute Gasteiger partial charge is 0.413 e. The number of nitrogens with one attached hydrogen (secondary N) is 2. The molecule has 3 aromatic heterocycles. The summed E-state index contributed by atoms with van der Waals surface area (Å²) in [5.74, 6) is 0.822. The minimum atomic E-state index is -0.574. The van der Waals surface area contributed by atoms with Crippen molar-refractivity contribution in [2.45, 2.75) is 20.9 Å². The maximum absolute atomic E-state index is 11.9. The van der Waals surface area contributed by atoms with Crippen LogP contribution >= 0.6 is 0 Å². The van der Waals surface area contributed by atoms with Crippen LogP contribution in [0.3, 0.4) is 0 Å². The Morgan fingerprint density at radius 3 is 2.63 bits per heavy atom. The molecule has 2 N–H and O–H groups in total. The Balaban J connectivity index is 0.00000342. The highest BCUT2D eigenvalue weighted by molar-refractivity contribution is 5.96. The van der Waals surface area contributed by atoms with E-state index >= 15 is 0 Å². The number of amides is 1. The number of pyridine rings is 1. The van der Waals surface area contributed by atoms with E-state index in [1.165, 1.54) is 0 Å². The maximum Gasteiger partial charge on any atom is 0.413 e. The van der Waals surface area contributed by atoms with Gasteiger partial charge in [-0.2, -0.15) is 0 Å². The highest BCUT2D eigenvalue weighted by atomic mass is 16.5. The third kappa shape index (κ3) is 6.37. The molecule has 3 heterocycles. The first kappa shape index (κ1) is 25.7. The fourth-order valence-electron chi connectivity index (χ4n) is 3.51. The van der Waals surface area contributed by atoms with Gasteiger partial charge in [0.05, 0.1) is 24.4 Å². The Bertz CT molecular complexity index is 1240. The molecule has 1 aromatic carbocycles. The molecule has 0 saturated carbocycles. The number of imidazole rings is 1. The van der Waals surface area contributed by atoms with Gasteiger partial charge in [0, 0.05) is 49.9 Å². The van der Waals surface area contributed by atoms with Crippen molar-refractivity contribution in [1.29, 1.82) is 0 Å². The highest BCUT2D eigenvalue weighted by Crippen LogP contribution is 2.32. The molecule has 0 aliphatic heterocycles. The number of hydrogen-bond acceptors (Lipinski definition) is 8. The molecule has 4 rings (SSSR count). The zero-order valence-corrected chi connectivity index (χ0v) is 19.4. The Morgan fingerprint density at radius 1 is 1.14 bits per heavy atom. The molecule has 10 heteroatoms. The highest BCUT2D eigenvalue weighted by Gasteiger charge is 2.16. The van der Waals surface area contributed by atoms with Crippen LogP contribution in [0.5, 0.6) is 0 Å². The number of likely N-dealkylation sites (N-methyl/N-ethyl adjacent to an activating group) is 1. The van der Waals surface area contributed by atoms with Crippen LogP contribution in [0.2, 0.25) is 0 Å². The van der Waals surface area contributed by atoms with Gasteiger partial charge >= 0.3 is 6.09 Å². The van der Waals surface area contributed by atoms with Crippen LogP contribution in [0.25, 0.3) is 33.5 Å². The molecule has 0 atom stereocenters. The van der Waals surface area contributed by atoms with Gasteiger partial charge in [0.2, 0.25) is 5.95 Å². The fraction of sp³-hybridized carbons (Fsp3) is 0.320. The summed E-state index contributed by atoms with van der Waals surface area (Å²) >= 11 is 0. The second-order valence-electron chi connectivity index (χ2n) is 7.69. The van der Waals surface area contributed by atoms with E-state index in [2.05, 4.69) is 35.1 Å². The Morgan fingerprint density at radius 2 is 1.94 bits per heavy atom. The number of hydrogen-bond donors (Lipinski definition) is 2. The van der Waals surface area contributed by atoms with Gasteiger partial charge in [0.15, 0.2) is 5.82 Å². The third-order valence-electron chi connectivity index (χ3n) is 5.16. The maximum atomic E-state index is 11.9. The summed E-state index contributed by atoms with van der Waals surface area (Å²) in [7, 11) is 3.73. The van der Waals surface area contributed by atoms with Gasteiger partial charge in [0.1, 0.15) is 5.52 Å². The number of rotatable bonds is 9. The van der Waals surface area contributed by atoms with Crippen LogP contribution in [-0.2, 0) is 16.0 Å². The number of benzene rings is 1. The number of fused-ring (bicyclic) bond motifs is 1. The van der Waals surface area contributed by atoms with Crippen LogP contribution in [0.1, 0.15) is 20.0 Å². The Kier molecular flexibility index (Phi) is 8.82. The second-order valence-corrected chi connectivity index (χ2v) is 7.69. The summed E-state index contributed by atoms with van der Waals surface area (Å²) in [5, 5.41) is 2.62. The van der Waals surface area contributed by atoms with Crippen molar-refractivity contribution in [3.63, 3.8) is 0 Å². The van der Waals surface area contributed by atoms with E-state index in [0.717, 1.165) is 41.0 Å². The zero-order valence-electron chi connectivity index (χ0n) is 19.4. The average Bonchev–Trinajstić information content (AvgIpc) is 3.25. The number of anilines is 1. The Labute approximate surface area is 204 Å². The van der Waals surface area contributed by atoms with Gasteiger partial charge in [-0.25, -0.2) is 19.7 Å². The number of methoxy groups -OCH3 is 1. The topological polar surface area (TPSA) is 118 Å². The van der Waals surface area contributed by atoms with Gasteiger partial charge in [-0.3, -0.25) is 15.2 Å². The quantitative estimate of drug-likeness (QED) is 0.365. The SMILES string of the molecule is C.CCOC(=O)Nc1nc2c(-c3ncccn3)cc(-c3ccc(CN(C)CCOC)nc3)cc2[nH]1. The molecule has 0 bridgehead atoms. The third-order valence-corrected chi connectivity index (χ3v) is 5.16. The molecule has 0 aliphatic carbocycles. The first-order valence-corrected chi connectivity index (χ1v) is 10.9. The fourth-order valence-corrected chi connectivity index (χ4v) is 3.51. The molecule has 35 heavy (non-hydrogen) atoms. The van der Waals surface area contributed by atoms with Crippen molar-refractivity contribution in [2.24, 2.45) is 0 Å². The predicted molar refractivity (Wildman–Crippen MR) is 136 cm³/mol. The van der Waals surface area contributed by atoms with Crippen LogP contribution in [0.4, 0.5) is 10.7 Å². The average molecular weight is 478 g/mol. The Hall–Kier alpha value is -3.89. The van der Waals surface area contributed by atoms with E-state index in [4.69, 9.17) is 9.47 Å². The van der Waals surface area contributed by atoms with Crippen molar-refractivity contribution >= 4 is 23.1 Å². The summed E-state index contributed by atoms with van der Waals surface area (Å²) in [6.07, 6.45) is 4.64. The number of H-pyrrole nitrogens is 1. The van der Waals surface area contributed by atoms with Crippen molar-refractivity contribution in [3.05, 3.63) is 54.6 Å². The molecule has 0 saturated heterocycles. The minimum absolute atomic E-state index is 0. The molecule has 0 radical (unpaired) electrons. The first-order chi connectivity index (χ1) is 16.6. The number of aromatic nitrogens is 5. The van der Waals surface area contributed by atoms with Gasteiger partial charge in [-0.05, 0) is 43.8 Å². The van der Waals surface area contributed by atoms with Crippen LogP contribution < -0.4 is 5.32 Å². The number of ether oxygens (including phenoxy) is 2. The van der Waals surface area contributed by atoms with E-state index in [-0.39, 0.29) is 20.0 Å². The van der Waals surface area contributed by atoms with Crippen molar-refractivity contribution < 1.29 is 14.3 Å². The van der Waals surface area contributed by atoms with Crippen LogP contribution in [0.15, 0.2) is 48.9 Å². The van der Waals surface area contributed by atoms with Crippen LogP contribution in [-0.4, -0.2) is 69.8 Å². The summed E-state index contributed by atoms with van der Waals surface area (Å²) in [6.45, 7) is 4.25. The lowest BCUT2D eigenvalue weighted by Crippen LogP contribution is -2.22. The molecule has 1 amide bonds. The normalized spacial score (nSPS) is 10.9. The first-order valence-electron chi connectivity index (χ1n) is 10.9. The summed E-state index contributed by atoms with van der Waals surface area (Å²) in [5.41, 5.74) is 4.95. The summed E-state index contributed by atoms with van der Waals surface area (Å²) in [6, 6.07) is 9.76. The van der Waals surface area contributed by atoms with Gasteiger partial charge < -0.3 is 14.5 Å². The molecular formula is C25H31N7O3. The molecule has 0 unspecified atom stereocenters. The standard InChI is InChI=1S/C24H27N7O3.CH4/c1-4-34-24(32)30-23-28-20-13-17(12-19(21(20)29-23)22-25-8-5-9-26-22)16-6-7-18(27-14-16)15-31(2)10-11-33-3;/h5-9,12-14H,4,10-11,15H2,1-3H3,(H2,28,29,30,32);1H4. The largest absolute Gasteiger partial charge is 0.450 e.